The summed E-state index contributed by atoms with van der Waals surface area (Å²) in [7, 11) is 0. The minimum Gasteiger partial charge on any atom is -0.320 e. The third-order valence-corrected chi connectivity index (χ3v) is 3.45. The lowest BCUT2D eigenvalue weighted by atomic mass is 9.94. The van der Waals surface area contributed by atoms with Crippen molar-refractivity contribution in [3.8, 4) is 0 Å². The van der Waals surface area contributed by atoms with Crippen molar-refractivity contribution < 1.29 is 0 Å². The van der Waals surface area contributed by atoms with Gasteiger partial charge in [0.2, 0.25) is 0 Å². The number of pyridine rings is 1. The first-order chi connectivity index (χ1) is 9.25. The van der Waals surface area contributed by atoms with E-state index in [1.165, 1.54) is 10.9 Å². The SMILES string of the molecule is Cc1cccc(C(N)c2cccc3cnccc23)c1. The molecule has 2 nitrogen and oxygen atoms in total. The second-order valence-electron chi connectivity index (χ2n) is 4.84. The first-order valence-electron chi connectivity index (χ1n) is 6.40. The second kappa shape index (κ2) is 4.82. The van der Waals surface area contributed by atoms with E-state index in [1.807, 2.05) is 24.5 Å². The van der Waals surface area contributed by atoms with E-state index in [0.29, 0.717) is 0 Å². The Hall–Kier alpha value is -2.19. The van der Waals surface area contributed by atoms with Crippen molar-refractivity contribution in [3.05, 3.63) is 77.6 Å². The molecule has 1 unspecified atom stereocenters. The van der Waals surface area contributed by atoms with Gasteiger partial charge in [0.15, 0.2) is 0 Å². The molecule has 1 atom stereocenters. The van der Waals surface area contributed by atoms with Gasteiger partial charge < -0.3 is 5.73 Å². The number of nitrogens with two attached hydrogens (primary N) is 1. The van der Waals surface area contributed by atoms with Crippen LogP contribution in [0.3, 0.4) is 0 Å². The van der Waals surface area contributed by atoms with Gasteiger partial charge in [-0.15, -0.1) is 0 Å². The predicted octanol–water partition coefficient (Wildman–Crippen LogP) is 3.59. The van der Waals surface area contributed by atoms with E-state index in [1.54, 1.807) is 0 Å². The van der Waals surface area contributed by atoms with Gasteiger partial charge in [-0.25, -0.2) is 0 Å². The van der Waals surface area contributed by atoms with Gasteiger partial charge in [0, 0.05) is 17.8 Å². The zero-order valence-electron chi connectivity index (χ0n) is 10.9. The fourth-order valence-electron chi connectivity index (χ4n) is 2.46. The summed E-state index contributed by atoms with van der Waals surface area (Å²) in [4.78, 5) is 4.16. The van der Waals surface area contributed by atoms with Crippen LogP contribution in [0.4, 0.5) is 0 Å². The first-order valence-corrected chi connectivity index (χ1v) is 6.40. The van der Waals surface area contributed by atoms with Gasteiger partial charge in [-0.05, 0) is 29.5 Å². The lowest BCUT2D eigenvalue weighted by Gasteiger charge is -2.15. The molecule has 0 amide bonds. The third kappa shape index (κ3) is 2.23. The van der Waals surface area contributed by atoms with Crippen LogP contribution in [-0.4, -0.2) is 4.98 Å². The smallest absolute Gasteiger partial charge is 0.0557 e. The van der Waals surface area contributed by atoms with Gasteiger partial charge in [-0.1, -0.05) is 48.0 Å². The molecule has 0 saturated heterocycles. The molecule has 0 radical (unpaired) electrons. The Bertz CT molecular complexity index is 714. The normalized spacial score (nSPS) is 12.5. The standard InChI is InChI=1S/C17H16N2/c1-12-4-2-5-13(10-12)17(18)16-7-3-6-14-11-19-9-8-15(14)16/h2-11,17H,18H2,1H3. The zero-order chi connectivity index (χ0) is 13.2. The summed E-state index contributed by atoms with van der Waals surface area (Å²) in [6.45, 7) is 2.09. The summed E-state index contributed by atoms with van der Waals surface area (Å²) in [5.74, 6) is 0. The van der Waals surface area contributed by atoms with E-state index in [9.17, 15) is 0 Å². The van der Waals surface area contributed by atoms with Crippen molar-refractivity contribution in [2.45, 2.75) is 13.0 Å². The Kier molecular flexibility index (Phi) is 3.02. The van der Waals surface area contributed by atoms with Gasteiger partial charge in [-0.2, -0.15) is 0 Å². The summed E-state index contributed by atoms with van der Waals surface area (Å²) in [5.41, 5.74) is 9.95. The van der Waals surface area contributed by atoms with Crippen LogP contribution in [0.5, 0.6) is 0 Å². The van der Waals surface area contributed by atoms with Crippen LogP contribution < -0.4 is 5.73 Å². The van der Waals surface area contributed by atoms with Crippen molar-refractivity contribution in [2.75, 3.05) is 0 Å². The molecule has 1 heterocycles. The first kappa shape index (κ1) is 11.9. The van der Waals surface area contributed by atoms with Crippen LogP contribution in [-0.2, 0) is 0 Å². The average Bonchev–Trinajstić information content (AvgIpc) is 2.46. The molecule has 0 aliphatic rings. The fraction of sp³-hybridized carbons (Fsp3) is 0.118. The minimum atomic E-state index is -0.106. The molecule has 3 aromatic rings. The highest BCUT2D eigenvalue weighted by Crippen LogP contribution is 2.27. The molecule has 0 spiro atoms. The van der Waals surface area contributed by atoms with Gasteiger partial charge in [0.05, 0.1) is 6.04 Å². The lowest BCUT2D eigenvalue weighted by Crippen LogP contribution is -2.12. The quantitative estimate of drug-likeness (QED) is 0.752. The Morgan fingerprint density at radius 3 is 2.74 bits per heavy atom. The van der Waals surface area contributed by atoms with Crippen LogP contribution in [0.25, 0.3) is 10.8 Å². The monoisotopic (exact) mass is 248 g/mol. The van der Waals surface area contributed by atoms with E-state index in [2.05, 4.69) is 48.3 Å². The van der Waals surface area contributed by atoms with Crippen LogP contribution in [0.2, 0.25) is 0 Å². The van der Waals surface area contributed by atoms with Crippen molar-refractivity contribution in [2.24, 2.45) is 5.73 Å². The number of benzene rings is 2. The molecule has 19 heavy (non-hydrogen) atoms. The number of hydrogen-bond acceptors (Lipinski definition) is 2. The van der Waals surface area contributed by atoms with Crippen molar-refractivity contribution in [3.63, 3.8) is 0 Å². The summed E-state index contributed by atoms with van der Waals surface area (Å²) < 4.78 is 0. The van der Waals surface area contributed by atoms with Crippen LogP contribution in [0, 0.1) is 6.92 Å². The van der Waals surface area contributed by atoms with E-state index in [0.717, 1.165) is 16.5 Å². The summed E-state index contributed by atoms with van der Waals surface area (Å²) in [6, 6.07) is 16.5. The lowest BCUT2D eigenvalue weighted by molar-refractivity contribution is 0.879. The van der Waals surface area contributed by atoms with E-state index < -0.39 is 0 Å². The maximum atomic E-state index is 6.43. The van der Waals surface area contributed by atoms with E-state index in [-0.39, 0.29) is 6.04 Å². The molecule has 2 N–H and O–H groups in total. The number of fused-ring (bicyclic) bond motifs is 1. The Balaban J connectivity index is 2.14. The molecule has 2 heteroatoms. The number of nitrogens with zero attached hydrogens (tertiary/aromatic N) is 1. The highest BCUT2D eigenvalue weighted by molar-refractivity contribution is 5.85. The van der Waals surface area contributed by atoms with Gasteiger partial charge in [0.25, 0.3) is 0 Å². The second-order valence-corrected chi connectivity index (χ2v) is 4.84. The van der Waals surface area contributed by atoms with Crippen LogP contribution in [0.1, 0.15) is 22.7 Å². The average molecular weight is 248 g/mol. The largest absolute Gasteiger partial charge is 0.320 e. The van der Waals surface area contributed by atoms with E-state index >= 15 is 0 Å². The summed E-state index contributed by atoms with van der Waals surface area (Å²) in [6.07, 6.45) is 3.69. The maximum Gasteiger partial charge on any atom is 0.0557 e. The highest BCUT2D eigenvalue weighted by atomic mass is 14.6. The minimum absolute atomic E-state index is 0.106. The van der Waals surface area contributed by atoms with E-state index in [4.69, 9.17) is 5.73 Å². The number of aromatic nitrogens is 1. The van der Waals surface area contributed by atoms with Crippen molar-refractivity contribution in [1.29, 1.82) is 0 Å². The van der Waals surface area contributed by atoms with Crippen molar-refractivity contribution >= 4 is 10.8 Å². The predicted molar refractivity (Wildman–Crippen MR) is 79.0 cm³/mol. The molecule has 3 rings (SSSR count). The molecule has 0 bridgehead atoms. The number of aryl methyl sites for hydroxylation is 1. The molecule has 2 aromatic carbocycles. The van der Waals surface area contributed by atoms with Crippen LogP contribution >= 0.6 is 0 Å². The molecule has 0 fully saturated rings. The molecule has 0 aliphatic carbocycles. The summed E-state index contributed by atoms with van der Waals surface area (Å²) >= 11 is 0. The molecule has 1 aromatic heterocycles. The van der Waals surface area contributed by atoms with Gasteiger partial charge >= 0.3 is 0 Å². The zero-order valence-corrected chi connectivity index (χ0v) is 10.9. The fourth-order valence-corrected chi connectivity index (χ4v) is 2.46. The van der Waals surface area contributed by atoms with Crippen LogP contribution in [0.15, 0.2) is 60.9 Å². The summed E-state index contributed by atoms with van der Waals surface area (Å²) in [5, 5.41) is 2.30. The molecular weight excluding hydrogens is 232 g/mol. The molecular formula is C17H16N2. The molecule has 0 saturated carbocycles. The Labute approximate surface area is 112 Å². The third-order valence-electron chi connectivity index (χ3n) is 3.45. The Morgan fingerprint density at radius 1 is 1.05 bits per heavy atom. The number of hydrogen-bond donors (Lipinski definition) is 1. The molecule has 94 valence electrons. The number of rotatable bonds is 2. The Morgan fingerprint density at radius 2 is 1.89 bits per heavy atom. The maximum absolute atomic E-state index is 6.43. The van der Waals surface area contributed by atoms with Gasteiger partial charge in [0.1, 0.15) is 0 Å². The van der Waals surface area contributed by atoms with Gasteiger partial charge in [-0.3, -0.25) is 4.98 Å². The van der Waals surface area contributed by atoms with Crippen molar-refractivity contribution in [1.82, 2.24) is 4.98 Å². The molecule has 0 aliphatic heterocycles. The topological polar surface area (TPSA) is 38.9 Å². The highest BCUT2D eigenvalue weighted by Gasteiger charge is 2.11.